The van der Waals surface area contributed by atoms with E-state index in [1.54, 1.807) is 0 Å². The molecule has 5 atom stereocenters. The van der Waals surface area contributed by atoms with Gasteiger partial charge in [-0.1, -0.05) is 0 Å². The lowest BCUT2D eigenvalue weighted by Gasteiger charge is -2.30. The summed E-state index contributed by atoms with van der Waals surface area (Å²) in [6.45, 7) is 0.855. The topological polar surface area (TPSA) is 156 Å². The van der Waals surface area contributed by atoms with Gasteiger partial charge in [-0.3, -0.25) is 4.79 Å². The Kier molecular flexibility index (Phi) is 3.81. The number of carboxylic acids is 2. The Morgan fingerprint density at radius 2 is 2.04 bits per heavy atom. The van der Waals surface area contributed by atoms with Gasteiger partial charge in [-0.15, -0.1) is 0 Å². The first kappa shape index (κ1) is 17.0. The van der Waals surface area contributed by atoms with Crippen molar-refractivity contribution >= 4 is 18.0 Å². The SMILES string of the molecule is Cc1oc(=O)oc1COC(=O)NC1(C(=O)O)C(F)CC2C(C(=O)O)C21. The third kappa shape index (κ3) is 2.55. The molecule has 3 rings (SSSR count). The number of alkyl carbamates (subject to hydrolysis) is 1. The second-order valence-corrected chi connectivity index (χ2v) is 6.07. The fourth-order valence-electron chi connectivity index (χ4n) is 3.59. The molecule has 0 bridgehead atoms. The number of carboxylic acid groups (broad SMARTS) is 2. The van der Waals surface area contributed by atoms with Crippen molar-refractivity contribution < 1.29 is 42.6 Å². The molecule has 2 saturated carbocycles. The molecule has 1 amide bonds. The minimum Gasteiger partial charge on any atom is -0.481 e. The molecule has 0 radical (unpaired) electrons. The van der Waals surface area contributed by atoms with E-state index in [0.717, 1.165) is 0 Å². The van der Waals surface area contributed by atoms with Gasteiger partial charge in [0, 0.05) is 5.92 Å². The van der Waals surface area contributed by atoms with Crippen molar-refractivity contribution in [3.63, 3.8) is 0 Å². The van der Waals surface area contributed by atoms with Crippen LogP contribution in [0.25, 0.3) is 0 Å². The van der Waals surface area contributed by atoms with Crippen LogP contribution >= 0.6 is 0 Å². The summed E-state index contributed by atoms with van der Waals surface area (Å²) in [4.78, 5) is 45.6. The molecule has 10 nitrogen and oxygen atoms in total. The maximum Gasteiger partial charge on any atom is 0.519 e. The van der Waals surface area contributed by atoms with Crippen molar-refractivity contribution in [2.24, 2.45) is 17.8 Å². The molecule has 0 spiro atoms. The first-order chi connectivity index (χ1) is 11.7. The highest BCUT2D eigenvalue weighted by Crippen LogP contribution is 2.63. The van der Waals surface area contributed by atoms with Gasteiger partial charge in [0.2, 0.25) is 0 Å². The first-order valence-electron chi connectivity index (χ1n) is 7.33. The monoisotopic (exact) mass is 359 g/mol. The summed E-state index contributed by atoms with van der Waals surface area (Å²) in [5.74, 6) is -6.65. The van der Waals surface area contributed by atoms with Crippen LogP contribution in [-0.2, 0) is 20.9 Å². The summed E-state index contributed by atoms with van der Waals surface area (Å²) in [5.41, 5.74) is -2.36. The lowest BCUT2D eigenvalue weighted by Crippen LogP contribution is -2.61. The normalized spacial score (nSPS) is 32.7. The minimum atomic E-state index is -2.36. The molecule has 1 heterocycles. The van der Waals surface area contributed by atoms with Crippen molar-refractivity contribution in [1.29, 1.82) is 0 Å². The molecular weight excluding hydrogens is 345 g/mol. The minimum absolute atomic E-state index is 0.0724. The van der Waals surface area contributed by atoms with Crippen LogP contribution in [0.4, 0.5) is 9.18 Å². The van der Waals surface area contributed by atoms with E-state index in [4.69, 9.17) is 9.84 Å². The number of rotatable bonds is 5. The Morgan fingerprint density at radius 3 is 2.56 bits per heavy atom. The van der Waals surface area contributed by atoms with Crippen LogP contribution in [0.15, 0.2) is 13.6 Å². The van der Waals surface area contributed by atoms with E-state index in [1.807, 2.05) is 5.32 Å². The number of carbonyl (C=O) groups is 3. The zero-order valence-corrected chi connectivity index (χ0v) is 12.9. The van der Waals surface area contributed by atoms with Crippen LogP contribution in [0.5, 0.6) is 0 Å². The number of hydrogen-bond acceptors (Lipinski definition) is 7. The van der Waals surface area contributed by atoms with Crippen molar-refractivity contribution in [3.05, 3.63) is 22.1 Å². The van der Waals surface area contributed by atoms with Gasteiger partial charge in [0.1, 0.15) is 6.17 Å². The third-order valence-corrected chi connectivity index (χ3v) is 4.79. The number of amides is 1. The van der Waals surface area contributed by atoms with Gasteiger partial charge >= 0.3 is 23.9 Å². The molecule has 2 fully saturated rings. The Morgan fingerprint density at radius 1 is 1.36 bits per heavy atom. The lowest BCUT2D eigenvalue weighted by molar-refractivity contribution is -0.149. The van der Waals surface area contributed by atoms with Crippen molar-refractivity contribution in [3.8, 4) is 0 Å². The predicted octanol–water partition coefficient (Wildman–Crippen LogP) is 0.279. The number of carbonyl (C=O) groups excluding carboxylic acids is 1. The summed E-state index contributed by atoms with van der Waals surface area (Å²) >= 11 is 0. The van der Waals surface area contributed by atoms with Gasteiger partial charge in [0.25, 0.3) is 0 Å². The number of aryl methyl sites for hydroxylation is 1. The lowest BCUT2D eigenvalue weighted by atomic mass is 9.89. The molecule has 0 aliphatic heterocycles. The fraction of sp³-hybridized carbons (Fsp3) is 0.571. The number of alkyl halides is 1. The maximum atomic E-state index is 14.3. The Balaban J connectivity index is 1.73. The van der Waals surface area contributed by atoms with Gasteiger partial charge in [-0.05, 0) is 19.3 Å². The van der Waals surface area contributed by atoms with Gasteiger partial charge in [0.05, 0.1) is 5.92 Å². The summed E-state index contributed by atoms with van der Waals surface area (Å²) < 4.78 is 28.2. The van der Waals surface area contributed by atoms with Crippen molar-refractivity contribution in [1.82, 2.24) is 5.32 Å². The standard InChI is InChI=1S/C14H14FNO9/c1-4-6(25-13(22)24-4)3-23-12(21)16-14(11(19)20)7(15)2-5-8(9(5)14)10(17)18/h5,7-9H,2-3H2,1H3,(H,16,21)(H,17,18)(H,19,20). The number of nitrogens with one attached hydrogen (secondary N) is 1. The third-order valence-electron chi connectivity index (χ3n) is 4.79. The molecule has 0 aromatic carbocycles. The van der Waals surface area contributed by atoms with Crippen molar-refractivity contribution in [2.45, 2.75) is 31.7 Å². The smallest absolute Gasteiger partial charge is 0.481 e. The summed E-state index contributed by atoms with van der Waals surface area (Å²) in [7, 11) is 0. The first-order valence-corrected chi connectivity index (χ1v) is 7.33. The molecule has 2 aliphatic rings. The van der Waals surface area contributed by atoms with E-state index in [1.165, 1.54) is 6.92 Å². The highest BCUT2D eigenvalue weighted by Gasteiger charge is 2.76. The maximum absolute atomic E-state index is 14.3. The fourth-order valence-corrected chi connectivity index (χ4v) is 3.59. The quantitative estimate of drug-likeness (QED) is 0.671. The second-order valence-electron chi connectivity index (χ2n) is 6.07. The molecular formula is C14H14FNO9. The van der Waals surface area contributed by atoms with E-state index in [2.05, 4.69) is 8.83 Å². The Labute approximate surface area is 138 Å². The van der Waals surface area contributed by atoms with Gasteiger partial charge in [0.15, 0.2) is 23.7 Å². The zero-order chi connectivity index (χ0) is 18.5. The molecule has 1 aromatic rings. The number of halogens is 1. The van der Waals surface area contributed by atoms with E-state index in [-0.39, 0.29) is 17.9 Å². The molecule has 25 heavy (non-hydrogen) atoms. The number of fused-ring (bicyclic) bond motifs is 1. The summed E-state index contributed by atoms with van der Waals surface area (Å²) in [6.07, 6.45) is -3.49. The van der Waals surface area contributed by atoms with Gasteiger partial charge in [-0.25, -0.2) is 18.8 Å². The zero-order valence-electron chi connectivity index (χ0n) is 12.9. The van der Waals surface area contributed by atoms with E-state index < -0.39 is 59.9 Å². The van der Waals surface area contributed by atoms with Crippen LogP contribution in [0, 0.1) is 24.7 Å². The summed E-state index contributed by atoms with van der Waals surface area (Å²) in [5, 5.41) is 20.5. The molecule has 3 N–H and O–H groups in total. The number of aliphatic carboxylic acids is 2. The van der Waals surface area contributed by atoms with Crippen LogP contribution in [0.2, 0.25) is 0 Å². The van der Waals surface area contributed by atoms with Crippen LogP contribution < -0.4 is 11.1 Å². The van der Waals surface area contributed by atoms with Gasteiger partial charge in [-0.2, -0.15) is 0 Å². The van der Waals surface area contributed by atoms with E-state index in [9.17, 15) is 28.7 Å². The second kappa shape index (κ2) is 5.60. The van der Waals surface area contributed by atoms with Crippen molar-refractivity contribution in [2.75, 3.05) is 0 Å². The molecule has 0 saturated heterocycles. The summed E-state index contributed by atoms with van der Waals surface area (Å²) in [6, 6.07) is 0. The number of ether oxygens (including phenoxy) is 1. The predicted molar refractivity (Wildman–Crippen MR) is 73.3 cm³/mol. The molecule has 1 aromatic heterocycles. The Bertz CT molecular complexity index is 798. The average Bonchev–Trinajstić information content (AvgIpc) is 3.02. The largest absolute Gasteiger partial charge is 0.519 e. The average molecular weight is 359 g/mol. The van der Waals surface area contributed by atoms with E-state index in [0.29, 0.717) is 0 Å². The highest BCUT2D eigenvalue weighted by atomic mass is 19.1. The highest BCUT2D eigenvalue weighted by molar-refractivity contribution is 5.89. The molecule has 136 valence electrons. The molecule has 2 aliphatic carbocycles. The van der Waals surface area contributed by atoms with E-state index >= 15 is 0 Å². The van der Waals surface area contributed by atoms with Crippen LogP contribution in [0.1, 0.15) is 17.9 Å². The van der Waals surface area contributed by atoms with Crippen LogP contribution in [-0.4, -0.2) is 40.0 Å². The molecule has 5 unspecified atom stereocenters. The molecule has 11 heteroatoms. The van der Waals surface area contributed by atoms with Crippen LogP contribution in [0.3, 0.4) is 0 Å². The van der Waals surface area contributed by atoms with Gasteiger partial charge < -0.3 is 29.1 Å². The Hall–Kier alpha value is -2.85. The number of hydrogen-bond donors (Lipinski definition) is 3.